The highest BCUT2D eigenvalue weighted by Gasteiger charge is 2.05. The number of nitrogens with one attached hydrogen (secondary N) is 1. The molecule has 0 aliphatic rings. The highest BCUT2D eigenvalue weighted by Crippen LogP contribution is 2.14. The van der Waals surface area contributed by atoms with Crippen molar-refractivity contribution >= 4 is 23.3 Å². The maximum absolute atomic E-state index is 5.34. The van der Waals surface area contributed by atoms with E-state index in [-0.39, 0.29) is 0 Å². The average Bonchev–Trinajstić information content (AvgIpc) is 2.69. The standard InChI is InChI=1S/C13H12N4S/c1-9-6-15-10(7-14-9)8-17-12-5-3-2-4-11(12)16-13(17)18/h2-7H,8H2,1H3,(H,16,18). The van der Waals surface area contributed by atoms with Crippen molar-refractivity contribution in [2.45, 2.75) is 13.5 Å². The lowest BCUT2D eigenvalue weighted by atomic mass is 10.3. The Morgan fingerprint density at radius 2 is 2.06 bits per heavy atom. The number of aromatic amines is 1. The van der Waals surface area contributed by atoms with Gasteiger partial charge in [-0.15, -0.1) is 0 Å². The maximum atomic E-state index is 5.34. The molecule has 0 fully saturated rings. The first-order chi connectivity index (χ1) is 8.74. The number of hydrogen-bond donors (Lipinski definition) is 1. The van der Waals surface area contributed by atoms with Crippen molar-refractivity contribution in [3.63, 3.8) is 0 Å². The summed E-state index contributed by atoms with van der Waals surface area (Å²) >= 11 is 5.34. The predicted octanol–water partition coefficient (Wildman–Crippen LogP) is 2.85. The molecule has 0 radical (unpaired) electrons. The Morgan fingerprint density at radius 1 is 1.22 bits per heavy atom. The van der Waals surface area contributed by atoms with Gasteiger partial charge in [-0.2, -0.15) is 0 Å². The van der Waals surface area contributed by atoms with Gasteiger partial charge in [-0.25, -0.2) is 0 Å². The van der Waals surface area contributed by atoms with Gasteiger partial charge >= 0.3 is 0 Å². The van der Waals surface area contributed by atoms with E-state index in [0.717, 1.165) is 22.4 Å². The minimum atomic E-state index is 0.635. The molecule has 4 nitrogen and oxygen atoms in total. The molecule has 0 spiro atoms. The number of imidazole rings is 1. The van der Waals surface area contributed by atoms with Crippen LogP contribution in [0, 0.1) is 11.7 Å². The van der Waals surface area contributed by atoms with Crippen LogP contribution in [-0.2, 0) is 6.54 Å². The van der Waals surface area contributed by atoms with Gasteiger partial charge in [0.2, 0.25) is 0 Å². The van der Waals surface area contributed by atoms with Crippen LogP contribution in [0.5, 0.6) is 0 Å². The molecule has 0 saturated carbocycles. The van der Waals surface area contributed by atoms with Crippen LogP contribution in [0.25, 0.3) is 11.0 Å². The summed E-state index contributed by atoms with van der Waals surface area (Å²) in [6.07, 6.45) is 3.56. The first-order valence-corrected chi connectivity index (χ1v) is 6.10. The predicted molar refractivity (Wildman–Crippen MR) is 73.0 cm³/mol. The third-order valence-corrected chi connectivity index (χ3v) is 3.16. The molecule has 0 aliphatic heterocycles. The Balaban J connectivity index is 2.07. The fraction of sp³-hybridized carbons (Fsp3) is 0.154. The molecule has 0 unspecified atom stereocenters. The van der Waals surface area contributed by atoms with Crippen molar-refractivity contribution in [1.29, 1.82) is 0 Å². The molecule has 3 aromatic rings. The number of aryl methyl sites for hydroxylation is 1. The summed E-state index contributed by atoms with van der Waals surface area (Å²) in [6, 6.07) is 8.05. The van der Waals surface area contributed by atoms with Crippen LogP contribution in [-0.4, -0.2) is 19.5 Å². The van der Waals surface area contributed by atoms with Crippen molar-refractivity contribution in [3.8, 4) is 0 Å². The molecule has 0 bridgehead atoms. The summed E-state index contributed by atoms with van der Waals surface area (Å²) in [5, 5.41) is 0. The van der Waals surface area contributed by atoms with Gasteiger partial charge in [0.1, 0.15) is 0 Å². The highest BCUT2D eigenvalue weighted by molar-refractivity contribution is 7.71. The summed E-state index contributed by atoms with van der Waals surface area (Å²) in [6.45, 7) is 2.56. The van der Waals surface area contributed by atoms with Crippen molar-refractivity contribution < 1.29 is 0 Å². The Morgan fingerprint density at radius 3 is 2.83 bits per heavy atom. The second-order valence-electron chi connectivity index (χ2n) is 4.18. The third kappa shape index (κ3) is 1.93. The van der Waals surface area contributed by atoms with E-state index in [9.17, 15) is 0 Å². The molecule has 3 rings (SSSR count). The smallest absolute Gasteiger partial charge is 0.178 e. The first-order valence-electron chi connectivity index (χ1n) is 5.69. The Hall–Kier alpha value is -2.01. The van der Waals surface area contributed by atoms with Gasteiger partial charge in [-0.1, -0.05) is 12.1 Å². The lowest BCUT2D eigenvalue weighted by Crippen LogP contribution is -2.02. The molecule has 18 heavy (non-hydrogen) atoms. The van der Waals surface area contributed by atoms with Gasteiger partial charge in [0.15, 0.2) is 4.77 Å². The van der Waals surface area contributed by atoms with Crippen LogP contribution in [0.4, 0.5) is 0 Å². The van der Waals surface area contributed by atoms with Crippen LogP contribution in [0.15, 0.2) is 36.7 Å². The van der Waals surface area contributed by atoms with Gasteiger partial charge < -0.3 is 9.55 Å². The van der Waals surface area contributed by atoms with Gasteiger partial charge in [-0.3, -0.25) is 9.97 Å². The van der Waals surface area contributed by atoms with E-state index in [2.05, 4.69) is 15.0 Å². The molecule has 0 atom stereocenters. The van der Waals surface area contributed by atoms with E-state index in [1.165, 1.54) is 0 Å². The number of benzene rings is 1. The molecular formula is C13H12N4S. The molecule has 0 amide bonds. The SMILES string of the molecule is Cc1cnc(Cn2c(=S)[nH]c3ccccc32)cn1. The number of para-hydroxylation sites is 2. The summed E-state index contributed by atoms with van der Waals surface area (Å²) in [4.78, 5) is 11.8. The largest absolute Gasteiger partial charge is 0.331 e. The van der Waals surface area contributed by atoms with Crippen LogP contribution >= 0.6 is 12.2 Å². The van der Waals surface area contributed by atoms with Crippen LogP contribution < -0.4 is 0 Å². The average molecular weight is 256 g/mol. The summed E-state index contributed by atoms with van der Waals surface area (Å²) in [5.41, 5.74) is 3.95. The van der Waals surface area contributed by atoms with E-state index < -0.39 is 0 Å². The maximum Gasteiger partial charge on any atom is 0.178 e. The van der Waals surface area contributed by atoms with Crippen LogP contribution in [0.3, 0.4) is 0 Å². The lowest BCUT2D eigenvalue weighted by molar-refractivity contribution is 0.776. The number of hydrogen-bond acceptors (Lipinski definition) is 3. The molecular weight excluding hydrogens is 244 g/mol. The quantitative estimate of drug-likeness (QED) is 0.717. The minimum Gasteiger partial charge on any atom is -0.331 e. The number of rotatable bonds is 2. The number of fused-ring (bicyclic) bond motifs is 1. The van der Waals surface area contributed by atoms with Crippen molar-refractivity contribution in [2.75, 3.05) is 0 Å². The first kappa shape index (κ1) is 11.1. The number of aromatic nitrogens is 4. The Kier molecular flexibility index (Phi) is 2.68. The monoisotopic (exact) mass is 256 g/mol. The molecule has 0 saturated heterocycles. The van der Waals surface area contributed by atoms with Crippen molar-refractivity contribution in [3.05, 3.63) is 52.8 Å². The Labute approximate surface area is 109 Å². The zero-order valence-corrected chi connectivity index (χ0v) is 10.7. The molecule has 90 valence electrons. The highest BCUT2D eigenvalue weighted by atomic mass is 32.1. The van der Waals surface area contributed by atoms with Gasteiger partial charge in [0.25, 0.3) is 0 Å². The summed E-state index contributed by atoms with van der Waals surface area (Å²) in [7, 11) is 0. The molecule has 2 aromatic heterocycles. The topological polar surface area (TPSA) is 46.5 Å². The second-order valence-corrected chi connectivity index (χ2v) is 4.57. The van der Waals surface area contributed by atoms with Gasteiger partial charge in [0.05, 0.1) is 35.2 Å². The van der Waals surface area contributed by atoms with E-state index in [4.69, 9.17) is 12.2 Å². The summed E-state index contributed by atoms with van der Waals surface area (Å²) < 4.78 is 2.74. The number of nitrogens with zero attached hydrogens (tertiary/aromatic N) is 3. The fourth-order valence-corrected chi connectivity index (χ4v) is 2.20. The van der Waals surface area contributed by atoms with Gasteiger partial charge in [-0.05, 0) is 31.3 Å². The third-order valence-electron chi connectivity index (χ3n) is 2.84. The lowest BCUT2D eigenvalue weighted by Gasteiger charge is -2.03. The van der Waals surface area contributed by atoms with E-state index >= 15 is 0 Å². The zero-order chi connectivity index (χ0) is 12.5. The molecule has 1 aromatic carbocycles. The van der Waals surface area contributed by atoms with Crippen LogP contribution in [0.1, 0.15) is 11.4 Å². The Bertz CT molecular complexity index is 740. The summed E-state index contributed by atoms with van der Waals surface area (Å²) in [5.74, 6) is 0. The second kappa shape index (κ2) is 4.34. The van der Waals surface area contributed by atoms with Crippen molar-refractivity contribution in [1.82, 2.24) is 19.5 Å². The van der Waals surface area contributed by atoms with E-state index in [1.54, 1.807) is 12.4 Å². The normalized spacial score (nSPS) is 10.9. The molecule has 2 heterocycles. The van der Waals surface area contributed by atoms with Gasteiger partial charge in [0, 0.05) is 6.20 Å². The molecule has 5 heteroatoms. The van der Waals surface area contributed by atoms with E-state index in [0.29, 0.717) is 11.3 Å². The molecule has 0 aliphatic carbocycles. The number of H-pyrrole nitrogens is 1. The minimum absolute atomic E-state index is 0.635. The van der Waals surface area contributed by atoms with Crippen molar-refractivity contribution in [2.24, 2.45) is 0 Å². The van der Waals surface area contributed by atoms with Crippen LogP contribution in [0.2, 0.25) is 0 Å². The van der Waals surface area contributed by atoms with E-state index in [1.807, 2.05) is 35.8 Å². The molecule has 1 N–H and O–H groups in total. The fourth-order valence-electron chi connectivity index (χ4n) is 1.93. The zero-order valence-electron chi connectivity index (χ0n) is 9.92.